The third-order valence-corrected chi connectivity index (χ3v) is 10.1. The zero-order valence-corrected chi connectivity index (χ0v) is 24.2. The number of piperidine rings is 1. The van der Waals surface area contributed by atoms with E-state index < -0.39 is 29.2 Å². The molecular formula is C32H30F4N6O3. The van der Waals surface area contributed by atoms with E-state index in [1.54, 1.807) is 0 Å². The largest absolute Gasteiger partial charge is 0.508 e. The van der Waals surface area contributed by atoms with Crippen LogP contribution in [0.25, 0.3) is 32.9 Å². The van der Waals surface area contributed by atoms with E-state index in [0.29, 0.717) is 31.9 Å². The maximum atomic E-state index is 16.6. The summed E-state index contributed by atoms with van der Waals surface area (Å²) in [6.45, 7) is 2.21. The van der Waals surface area contributed by atoms with Crippen LogP contribution < -0.4 is 9.64 Å². The molecule has 9 nitrogen and oxygen atoms in total. The fourth-order valence-corrected chi connectivity index (χ4v) is 8.07. The van der Waals surface area contributed by atoms with Crippen LogP contribution in [0.2, 0.25) is 0 Å². The lowest BCUT2D eigenvalue weighted by atomic mass is 9.95. The van der Waals surface area contributed by atoms with Gasteiger partial charge in [0.2, 0.25) is 0 Å². The molecule has 4 fully saturated rings. The van der Waals surface area contributed by atoms with Crippen LogP contribution in [0.4, 0.5) is 23.4 Å². The summed E-state index contributed by atoms with van der Waals surface area (Å²) in [5.41, 5.74) is -0.339. The van der Waals surface area contributed by atoms with E-state index in [0.717, 1.165) is 50.1 Å². The van der Waals surface area contributed by atoms with Gasteiger partial charge in [0.15, 0.2) is 17.5 Å². The number of halogens is 4. The lowest BCUT2D eigenvalue weighted by Gasteiger charge is -2.34. The van der Waals surface area contributed by atoms with E-state index in [2.05, 4.69) is 20.0 Å². The molecule has 5 heterocycles. The molecule has 0 radical (unpaired) electrons. The van der Waals surface area contributed by atoms with Gasteiger partial charge in [0, 0.05) is 55.0 Å². The number of hydrogen-bond donors (Lipinski definition) is 2. The predicted molar refractivity (Wildman–Crippen MR) is 158 cm³/mol. The molecule has 1 saturated carbocycles. The molecule has 4 atom stereocenters. The summed E-state index contributed by atoms with van der Waals surface area (Å²) in [6, 6.07) is 4.55. The van der Waals surface area contributed by atoms with Gasteiger partial charge in [0.25, 0.3) is 0 Å². The SMILES string of the molecule is ON=C1C2CCC1CN(c1nc(OC[C@@]34CCCN3C[C@H](F)C4)nc3c(F)c(-c4cc(O)cc5ccc(F)c(F)c45)ncc13)C2. The van der Waals surface area contributed by atoms with Crippen molar-refractivity contribution in [3.05, 3.63) is 47.9 Å². The molecule has 2 N–H and O–H groups in total. The second-order valence-electron chi connectivity index (χ2n) is 12.7. The number of benzene rings is 2. The number of phenolic OH excluding ortho intramolecular Hbond substituents is 1. The average molecular weight is 623 g/mol. The van der Waals surface area contributed by atoms with Crippen molar-refractivity contribution >= 4 is 33.2 Å². The fraction of sp³-hybridized carbons (Fsp3) is 0.438. The van der Waals surface area contributed by atoms with Crippen molar-refractivity contribution in [3.63, 3.8) is 0 Å². The third-order valence-electron chi connectivity index (χ3n) is 10.1. The molecule has 0 amide bonds. The summed E-state index contributed by atoms with van der Waals surface area (Å²) in [5.74, 6) is -3.11. The van der Waals surface area contributed by atoms with E-state index in [-0.39, 0.29) is 63.1 Å². The summed E-state index contributed by atoms with van der Waals surface area (Å²) in [7, 11) is 0. The lowest BCUT2D eigenvalue weighted by Crippen LogP contribution is -2.44. The standard InChI is InChI=1S/C32H30F4N6O3/c33-19-10-32(6-1-7-42(32)14-19)15-45-31-38-29-22(30(39-31)41-12-17-2-3-18(13-41)27(17)40-44)11-37-28(26(29)36)21-9-20(43)8-16-4-5-23(34)25(35)24(16)21/h4-5,8-9,11,17-19,43-44H,1-3,6-7,10,12-15H2/t17?,18?,19-,32+/m1/s1. The van der Waals surface area contributed by atoms with E-state index in [1.165, 1.54) is 18.3 Å². The van der Waals surface area contributed by atoms with Crippen molar-refractivity contribution in [3.8, 4) is 23.0 Å². The van der Waals surface area contributed by atoms with Crippen molar-refractivity contribution in [2.75, 3.05) is 37.7 Å². The molecule has 2 aromatic carbocycles. The number of anilines is 1. The van der Waals surface area contributed by atoms with Crippen LogP contribution in [0.15, 0.2) is 35.6 Å². The second kappa shape index (κ2) is 10.4. The number of pyridine rings is 1. The number of fused-ring (bicyclic) bond motifs is 5. The maximum absolute atomic E-state index is 16.6. The van der Waals surface area contributed by atoms with Crippen LogP contribution in [0.5, 0.6) is 11.8 Å². The minimum absolute atomic E-state index is 0.00246. The Morgan fingerprint density at radius 1 is 1.04 bits per heavy atom. The number of alkyl halides is 1. The summed E-state index contributed by atoms with van der Waals surface area (Å²) >= 11 is 0. The lowest BCUT2D eigenvalue weighted by molar-refractivity contribution is 0.107. The van der Waals surface area contributed by atoms with Gasteiger partial charge in [-0.25, -0.2) is 17.6 Å². The summed E-state index contributed by atoms with van der Waals surface area (Å²) in [6.07, 6.45) is 4.15. The molecule has 2 bridgehead atoms. The zero-order valence-electron chi connectivity index (χ0n) is 24.2. The Balaban J connectivity index is 1.27. The van der Waals surface area contributed by atoms with Gasteiger partial charge < -0.3 is 20.0 Å². The monoisotopic (exact) mass is 622 g/mol. The van der Waals surface area contributed by atoms with Gasteiger partial charge in [-0.05, 0) is 55.8 Å². The third kappa shape index (κ3) is 4.45. The predicted octanol–water partition coefficient (Wildman–Crippen LogP) is 5.60. The number of phenols is 1. The highest BCUT2D eigenvalue weighted by Crippen LogP contribution is 2.43. The Hall–Kier alpha value is -4.26. The van der Waals surface area contributed by atoms with Crippen LogP contribution in [-0.2, 0) is 0 Å². The van der Waals surface area contributed by atoms with Gasteiger partial charge in [-0.2, -0.15) is 9.97 Å². The van der Waals surface area contributed by atoms with Gasteiger partial charge in [-0.3, -0.25) is 9.88 Å². The van der Waals surface area contributed by atoms with Gasteiger partial charge in [0.05, 0.1) is 16.6 Å². The van der Waals surface area contributed by atoms with Crippen LogP contribution in [0.1, 0.15) is 32.1 Å². The number of hydrogen-bond acceptors (Lipinski definition) is 9. The molecule has 1 aliphatic carbocycles. The van der Waals surface area contributed by atoms with E-state index in [4.69, 9.17) is 9.72 Å². The van der Waals surface area contributed by atoms with Crippen molar-refractivity contribution in [1.82, 2.24) is 19.9 Å². The number of aromatic hydroxyl groups is 1. The van der Waals surface area contributed by atoms with Crippen LogP contribution in [-0.4, -0.2) is 80.4 Å². The van der Waals surface area contributed by atoms with Crippen molar-refractivity contribution in [1.29, 1.82) is 0 Å². The molecule has 13 heteroatoms. The van der Waals surface area contributed by atoms with Crippen molar-refractivity contribution in [2.24, 2.45) is 17.0 Å². The highest BCUT2D eigenvalue weighted by molar-refractivity contribution is 6.00. The quantitative estimate of drug-likeness (QED) is 0.168. The maximum Gasteiger partial charge on any atom is 0.319 e. The fourth-order valence-electron chi connectivity index (χ4n) is 8.07. The van der Waals surface area contributed by atoms with Gasteiger partial charge in [-0.15, -0.1) is 0 Å². The molecule has 4 aromatic rings. The topological polar surface area (TPSA) is 107 Å². The summed E-state index contributed by atoms with van der Waals surface area (Å²) in [4.78, 5) is 17.6. The molecular weight excluding hydrogens is 592 g/mol. The smallest absolute Gasteiger partial charge is 0.319 e. The number of aromatic nitrogens is 3. The first-order chi connectivity index (χ1) is 21.7. The second-order valence-corrected chi connectivity index (χ2v) is 12.7. The molecule has 234 valence electrons. The van der Waals surface area contributed by atoms with E-state index in [9.17, 15) is 19.1 Å². The molecule has 8 rings (SSSR count). The number of rotatable bonds is 5. The Labute approximate surface area is 255 Å². The van der Waals surface area contributed by atoms with E-state index in [1.807, 2.05) is 4.90 Å². The van der Waals surface area contributed by atoms with Crippen molar-refractivity contribution in [2.45, 2.75) is 43.8 Å². The number of oxime groups is 1. The first kappa shape index (κ1) is 28.2. The van der Waals surface area contributed by atoms with Gasteiger partial charge in [-0.1, -0.05) is 11.2 Å². The molecule has 0 spiro atoms. The van der Waals surface area contributed by atoms with Crippen LogP contribution in [0, 0.1) is 29.3 Å². The molecule has 45 heavy (non-hydrogen) atoms. The summed E-state index contributed by atoms with van der Waals surface area (Å²) < 4.78 is 66.6. The van der Waals surface area contributed by atoms with E-state index >= 15 is 8.78 Å². The Kier molecular flexibility index (Phi) is 6.52. The zero-order chi connectivity index (χ0) is 31.0. The first-order valence-electron chi connectivity index (χ1n) is 15.2. The van der Waals surface area contributed by atoms with Crippen molar-refractivity contribution < 1.29 is 32.6 Å². The minimum Gasteiger partial charge on any atom is -0.508 e. The number of ether oxygens (including phenoxy) is 1. The molecule has 2 unspecified atom stereocenters. The molecule has 2 aromatic heterocycles. The molecule has 3 aliphatic heterocycles. The van der Waals surface area contributed by atoms with Crippen LogP contribution >= 0.6 is 0 Å². The molecule has 3 saturated heterocycles. The van der Waals surface area contributed by atoms with Crippen LogP contribution in [0.3, 0.4) is 0 Å². The Morgan fingerprint density at radius 2 is 1.84 bits per heavy atom. The van der Waals surface area contributed by atoms with Gasteiger partial charge in [0.1, 0.15) is 35.6 Å². The normalized spacial score (nSPS) is 26.3. The summed E-state index contributed by atoms with van der Waals surface area (Å²) in [5, 5.41) is 23.7. The average Bonchev–Trinajstić information content (AvgIpc) is 3.63. The Bertz CT molecular complexity index is 1880. The highest BCUT2D eigenvalue weighted by atomic mass is 19.2. The molecule has 4 aliphatic rings. The van der Waals surface area contributed by atoms with Gasteiger partial charge >= 0.3 is 6.01 Å². The number of nitrogens with zero attached hydrogens (tertiary/aromatic N) is 6. The highest BCUT2D eigenvalue weighted by Gasteiger charge is 2.49. The first-order valence-corrected chi connectivity index (χ1v) is 15.2. The Morgan fingerprint density at radius 3 is 2.62 bits per heavy atom. The minimum atomic E-state index is -1.19.